The molecule has 0 saturated carbocycles. The maximum atomic E-state index is 13.0. The molecule has 1 atom stereocenters. The number of urea groups is 1. The zero-order valence-electron chi connectivity index (χ0n) is 14.3. The summed E-state index contributed by atoms with van der Waals surface area (Å²) >= 11 is 0. The van der Waals surface area contributed by atoms with Gasteiger partial charge in [0.2, 0.25) is 0 Å². The van der Waals surface area contributed by atoms with Crippen molar-refractivity contribution in [2.75, 3.05) is 6.54 Å². The van der Waals surface area contributed by atoms with Gasteiger partial charge in [0.15, 0.2) is 5.78 Å². The molecule has 1 N–H and O–H groups in total. The van der Waals surface area contributed by atoms with E-state index in [-0.39, 0.29) is 18.2 Å². The molecule has 5 heteroatoms. The van der Waals surface area contributed by atoms with Crippen LogP contribution in [0.15, 0.2) is 54.6 Å². The van der Waals surface area contributed by atoms with Gasteiger partial charge in [0.05, 0.1) is 6.54 Å². The zero-order chi connectivity index (χ0) is 18.0. The first-order chi connectivity index (χ1) is 12.0. The summed E-state index contributed by atoms with van der Waals surface area (Å²) in [5.41, 5.74) is 1.15. The quantitative estimate of drug-likeness (QED) is 0.674. The topological polar surface area (TPSA) is 66.5 Å². The van der Waals surface area contributed by atoms with Crippen molar-refractivity contribution < 1.29 is 14.4 Å². The average Bonchev–Trinajstić information content (AvgIpc) is 2.88. The van der Waals surface area contributed by atoms with Gasteiger partial charge < -0.3 is 5.32 Å². The Balaban J connectivity index is 1.86. The molecule has 5 nitrogen and oxygen atoms in total. The maximum absolute atomic E-state index is 13.0. The van der Waals surface area contributed by atoms with Crippen LogP contribution in [0.1, 0.15) is 34.8 Å². The summed E-state index contributed by atoms with van der Waals surface area (Å²) in [6.07, 6.45) is 0.414. The molecule has 1 heterocycles. The Morgan fingerprint density at radius 2 is 1.68 bits per heavy atom. The highest BCUT2D eigenvalue weighted by atomic mass is 16.2. The number of rotatable bonds is 5. The fraction of sp³-hybridized carbons (Fsp3) is 0.250. The first kappa shape index (κ1) is 16.9. The summed E-state index contributed by atoms with van der Waals surface area (Å²) in [5, 5.41) is 2.78. The van der Waals surface area contributed by atoms with Gasteiger partial charge in [0.1, 0.15) is 5.54 Å². The van der Waals surface area contributed by atoms with E-state index in [2.05, 4.69) is 5.32 Å². The molecule has 2 aromatic carbocycles. The molecule has 1 aliphatic heterocycles. The summed E-state index contributed by atoms with van der Waals surface area (Å²) in [6.45, 7) is 3.51. The number of aryl methyl sites for hydroxylation is 1. The van der Waals surface area contributed by atoms with Crippen molar-refractivity contribution in [2.45, 2.75) is 25.8 Å². The van der Waals surface area contributed by atoms with Gasteiger partial charge in [-0.2, -0.15) is 0 Å². The molecule has 3 amide bonds. The molecule has 0 aliphatic carbocycles. The average molecular weight is 336 g/mol. The molecule has 0 aromatic heterocycles. The van der Waals surface area contributed by atoms with Crippen LogP contribution in [0.25, 0.3) is 0 Å². The molecule has 3 rings (SSSR count). The lowest BCUT2D eigenvalue weighted by Gasteiger charge is -2.25. The molecule has 1 fully saturated rings. The van der Waals surface area contributed by atoms with Gasteiger partial charge in [-0.1, -0.05) is 67.1 Å². The Kier molecular flexibility index (Phi) is 4.40. The first-order valence-corrected chi connectivity index (χ1v) is 8.27. The number of hydrogen-bond acceptors (Lipinski definition) is 3. The van der Waals surface area contributed by atoms with Gasteiger partial charge in [-0.25, -0.2) is 4.79 Å². The van der Waals surface area contributed by atoms with E-state index < -0.39 is 11.6 Å². The van der Waals surface area contributed by atoms with Crippen molar-refractivity contribution in [2.24, 2.45) is 0 Å². The molecule has 0 bridgehead atoms. The van der Waals surface area contributed by atoms with Crippen LogP contribution in [0.5, 0.6) is 0 Å². The monoisotopic (exact) mass is 336 g/mol. The molecule has 1 saturated heterocycles. The Bertz CT molecular complexity index is 815. The smallest absolute Gasteiger partial charge is 0.319 e. The lowest BCUT2D eigenvalue weighted by atomic mass is 9.87. The molecular weight excluding hydrogens is 316 g/mol. The lowest BCUT2D eigenvalue weighted by Crippen LogP contribution is -2.43. The minimum absolute atomic E-state index is 0.261. The zero-order valence-corrected chi connectivity index (χ0v) is 14.3. The van der Waals surface area contributed by atoms with Crippen molar-refractivity contribution in [1.82, 2.24) is 10.2 Å². The summed E-state index contributed by atoms with van der Waals surface area (Å²) in [5.74, 6) is -0.643. The van der Waals surface area contributed by atoms with Crippen LogP contribution in [0.4, 0.5) is 4.79 Å². The van der Waals surface area contributed by atoms with Crippen molar-refractivity contribution in [3.8, 4) is 0 Å². The summed E-state index contributed by atoms with van der Waals surface area (Å²) in [6, 6.07) is 15.7. The molecule has 0 radical (unpaired) electrons. The van der Waals surface area contributed by atoms with Crippen LogP contribution in [0.2, 0.25) is 0 Å². The van der Waals surface area contributed by atoms with Crippen LogP contribution in [0, 0.1) is 6.92 Å². The van der Waals surface area contributed by atoms with E-state index >= 15 is 0 Å². The fourth-order valence-corrected chi connectivity index (χ4v) is 3.11. The molecule has 25 heavy (non-hydrogen) atoms. The highest BCUT2D eigenvalue weighted by Gasteiger charge is 2.51. The number of carbonyl (C=O) groups excluding carboxylic acids is 3. The third kappa shape index (κ3) is 2.93. The van der Waals surface area contributed by atoms with Gasteiger partial charge >= 0.3 is 6.03 Å². The Labute approximate surface area is 146 Å². The number of Topliss-reactive ketones (excluding diaryl/α,β-unsaturated/α-hetero) is 1. The lowest BCUT2D eigenvalue weighted by molar-refractivity contribution is -0.131. The van der Waals surface area contributed by atoms with Crippen molar-refractivity contribution >= 4 is 17.7 Å². The van der Waals surface area contributed by atoms with Gasteiger partial charge in [0, 0.05) is 5.56 Å². The maximum Gasteiger partial charge on any atom is 0.325 e. The van der Waals surface area contributed by atoms with Crippen LogP contribution in [0.3, 0.4) is 0 Å². The minimum atomic E-state index is -1.11. The third-order valence-electron chi connectivity index (χ3n) is 4.65. The highest BCUT2D eigenvalue weighted by molar-refractivity contribution is 6.11. The second kappa shape index (κ2) is 6.51. The second-order valence-electron chi connectivity index (χ2n) is 6.24. The van der Waals surface area contributed by atoms with Crippen molar-refractivity contribution in [1.29, 1.82) is 0 Å². The van der Waals surface area contributed by atoms with Crippen molar-refractivity contribution in [3.05, 3.63) is 71.3 Å². The number of amides is 3. The van der Waals surface area contributed by atoms with Crippen LogP contribution < -0.4 is 5.32 Å². The number of imide groups is 1. The predicted octanol–water partition coefficient (Wildman–Crippen LogP) is 3.04. The van der Waals surface area contributed by atoms with Crippen LogP contribution in [-0.2, 0) is 10.3 Å². The van der Waals surface area contributed by atoms with E-state index in [1.807, 2.05) is 56.3 Å². The van der Waals surface area contributed by atoms with E-state index in [9.17, 15) is 14.4 Å². The summed E-state index contributed by atoms with van der Waals surface area (Å²) in [7, 11) is 0. The number of benzene rings is 2. The minimum Gasteiger partial charge on any atom is -0.319 e. The first-order valence-electron chi connectivity index (χ1n) is 8.27. The molecule has 1 aliphatic rings. The fourth-order valence-electron chi connectivity index (χ4n) is 3.11. The number of hydrogen-bond donors (Lipinski definition) is 1. The standard InChI is InChI=1S/C20H20N2O3/c1-3-20(16-7-5-4-6-8-16)18(24)22(19(25)21-20)13-17(23)15-11-9-14(2)10-12-15/h4-12H,3,13H2,1-2H3,(H,21,25). The van der Waals surface area contributed by atoms with E-state index in [1.165, 1.54) is 0 Å². The Morgan fingerprint density at radius 3 is 2.28 bits per heavy atom. The Hall–Kier alpha value is -2.95. The van der Waals surface area contributed by atoms with E-state index in [0.29, 0.717) is 12.0 Å². The molecule has 2 aromatic rings. The molecule has 1 unspecified atom stereocenters. The number of ketones is 1. The largest absolute Gasteiger partial charge is 0.325 e. The third-order valence-corrected chi connectivity index (χ3v) is 4.65. The number of nitrogens with zero attached hydrogens (tertiary/aromatic N) is 1. The van der Waals surface area contributed by atoms with E-state index in [1.54, 1.807) is 12.1 Å². The van der Waals surface area contributed by atoms with Gasteiger partial charge in [-0.15, -0.1) is 0 Å². The highest BCUT2D eigenvalue weighted by Crippen LogP contribution is 2.32. The number of carbonyl (C=O) groups is 3. The van der Waals surface area contributed by atoms with Crippen LogP contribution >= 0.6 is 0 Å². The predicted molar refractivity (Wildman–Crippen MR) is 94.2 cm³/mol. The van der Waals surface area contributed by atoms with Gasteiger partial charge in [-0.05, 0) is 18.9 Å². The van der Waals surface area contributed by atoms with Gasteiger partial charge in [-0.3, -0.25) is 14.5 Å². The second-order valence-corrected chi connectivity index (χ2v) is 6.24. The van der Waals surface area contributed by atoms with E-state index in [0.717, 1.165) is 16.0 Å². The van der Waals surface area contributed by atoms with Crippen LogP contribution in [-0.4, -0.2) is 29.2 Å². The Morgan fingerprint density at radius 1 is 1.04 bits per heavy atom. The SMILES string of the molecule is CCC1(c2ccccc2)NC(=O)N(CC(=O)c2ccc(C)cc2)C1=O. The summed E-state index contributed by atoms with van der Waals surface area (Å²) < 4.78 is 0. The molecule has 128 valence electrons. The van der Waals surface area contributed by atoms with Gasteiger partial charge in [0.25, 0.3) is 5.91 Å². The molecular formula is C20H20N2O3. The normalized spacial score (nSPS) is 19.8. The summed E-state index contributed by atoms with van der Waals surface area (Å²) in [4.78, 5) is 38.9. The number of nitrogens with one attached hydrogen (secondary N) is 1. The van der Waals surface area contributed by atoms with Crippen molar-refractivity contribution in [3.63, 3.8) is 0 Å². The van der Waals surface area contributed by atoms with E-state index in [4.69, 9.17) is 0 Å². The molecule has 0 spiro atoms.